The summed E-state index contributed by atoms with van der Waals surface area (Å²) in [6.45, 7) is 8.79. The van der Waals surface area contributed by atoms with Gasteiger partial charge in [0.25, 0.3) is 0 Å². The normalized spacial score (nSPS) is 15.5. The molecular formula is C19H27BrN2O4. The maximum atomic E-state index is 12.2. The molecule has 0 unspecified atom stereocenters. The van der Waals surface area contributed by atoms with Gasteiger partial charge in [-0.05, 0) is 58.2 Å². The highest BCUT2D eigenvalue weighted by molar-refractivity contribution is 9.10. The van der Waals surface area contributed by atoms with Crippen LogP contribution in [0.3, 0.4) is 0 Å². The van der Waals surface area contributed by atoms with Crippen molar-refractivity contribution in [3.8, 4) is 0 Å². The first-order chi connectivity index (χ1) is 12.1. The number of carbonyl (C=O) groups is 2. The maximum absolute atomic E-state index is 12.2. The molecule has 0 spiro atoms. The standard InChI is InChI=1S/C19H27BrN2O4/c1-12-15(17(23)25-5)10-13(20)11-16(12)21-14-6-8-22(9-7-14)18(24)26-19(2,3)4/h10-11,14,21H,6-9H2,1-5H3. The summed E-state index contributed by atoms with van der Waals surface area (Å²) in [4.78, 5) is 25.8. The number of benzene rings is 1. The van der Waals surface area contributed by atoms with E-state index in [9.17, 15) is 9.59 Å². The average Bonchev–Trinajstić information content (AvgIpc) is 2.56. The second-order valence-electron chi connectivity index (χ2n) is 7.50. The summed E-state index contributed by atoms with van der Waals surface area (Å²) in [5.41, 5.74) is 1.81. The van der Waals surface area contributed by atoms with Crippen LogP contribution in [0.4, 0.5) is 10.5 Å². The molecule has 2 rings (SSSR count). The van der Waals surface area contributed by atoms with E-state index in [0.29, 0.717) is 18.7 Å². The molecular weight excluding hydrogens is 400 g/mol. The van der Waals surface area contributed by atoms with Crippen LogP contribution >= 0.6 is 15.9 Å². The van der Waals surface area contributed by atoms with Crippen LogP contribution in [0.1, 0.15) is 49.5 Å². The Hall–Kier alpha value is -1.76. The zero-order chi connectivity index (χ0) is 19.5. The highest BCUT2D eigenvalue weighted by Gasteiger charge is 2.27. The number of ether oxygens (including phenoxy) is 2. The number of halogens is 1. The van der Waals surface area contributed by atoms with Crippen molar-refractivity contribution in [1.29, 1.82) is 0 Å². The number of nitrogens with zero attached hydrogens (tertiary/aromatic N) is 1. The summed E-state index contributed by atoms with van der Waals surface area (Å²) in [5.74, 6) is -0.355. The average molecular weight is 427 g/mol. The molecule has 1 aliphatic rings. The van der Waals surface area contributed by atoms with Crippen LogP contribution in [0.5, 0.6) is 0 Å². The van der Waals surface area contributed by atoms with Gasteiger partial charge in [-0.25, -0.2) is 9.59 Å². The van der Waals surface area contributed by atoms with Gasteiger partial charge in [0.1, 0.15) is 5.60 Å². The molecule has 1 heterocycles. The van der Waals surface area contributed by atoms with Crippen LogP contribution in [0, 0.1) is 6.92 Å². The Morgan fingerprint density at radius 2 is 1.85 bits per heavy atom. The molecule has 1 aliphatic heterocycles. The maximum Gasteiger partial charge on any atom is 0.410 e. The van der Waals surface area contributed by atoms with Crippen LogP contribution in [0.25, 0.3) is 0 Å². The molecule has 7 heteroatoms. The van der Waals surface area contributed by atoms with Gasteiger partial charge in [-0.1, -0.05) is 15.9 Å². The van der Waals surface area contributed by atoms with Crippen molar-refractivity contribution >= 4 is 33.7 Å². The summed E-state index contributed by atoms with van der Waals surface area (Å²) < 4.78 is 11.1. The lowest BCUT2D eigenvalue weighted by molar-refractivity contribution is 0.0210. The van der Waals surface area contributed by atoms with Gasteiger partial charge in [-0.3, -0.25) is 0 Å². The molecule has 26 heavy (non-hydrogen) atoms. The number of rotatable bonds is 3. The summed E-state index contributed by atoms with van der Waals surface area (Å²) in [6.07, 6.45) is 1.37. The molecule has 6 nitrogen and oxygen atoms in total. The fraction of sp³-hybridized carbons (Fsp3) is 0.579. The zero-order valence-electron chi connectivity index (χ0n) is 16.0. The third-order valence-electron chi connectivity index (χ3n) is 4.28. The largest absolute Gasteiger partial charge is 0.465 e. The van der Waals surface area contributed by atoms with Gasteiger partial charge in [0.05, 0.1) is 12.7 Å². The Morgan fingerprint density at radius 1 is 1.23 bits per heavy atom. The van der Waals surface area contributed by atoms with Crippen LogP contribution < -0.4 is 5.32 Å². The predicted octanol–water partition coefficient (Wildman–Crippen LogP) is 4.36. The number of hydrogen-bond acceptors (Lipinski definition) is 5. The minimum atomic E-state index is -0.482. The van der Waals surface area contributed by atoms with E-state index in [0.717, 1.165) is 28.6 Å². The molecule has 1 saturated heterocycles. The number of methoxy groups -OCH3 is 1. The molecule has 1 N–H and O–H groups in total. The number of piperidine rings is 1. The van der Waals surface area contributed by atoms with Gasteiger partial charge < -0.3 is 19.7 Å². The number of carbonyl (C=O) groups excluding carboxylic acids is 2. The van der Waals surface area contributed by atoms with Crippen molar-refractivity contribution in [2.45, 2.75) is 52.2 Å². The third-order valence-corrected chi connectivity index (χ3v) is 4.74. The summed E-state index contributed by atoms with van der Waals surface area (Å²) in [5, 5.41) is 3.50. The Bertz CT molecular complexity index is 677. The first-order valence-electron chi connectivity index (χ1n) is 8.73. The number of amides is 1. The van der Waals surface area contributed by atoms with Crippen molar-refractivity contribution in [3.05, 3.63) is 27.7 Å². The molecule has 0 atom stereocenters. The molecule has 0 radical (unpaired) electrons. The Balaban J connectivity index is 2.01. The Morgan fingerprint density at radius 3 is 2.38 bits per heavy atom. The SMILES string of the molecule is COC(=O)c1cc(Br)cc(NC2CCN(C(=O)OC(C)(C)C)CC2)c1C. The lowest BCUT2D eigenvalue weighted by Gasteiger charge is -2.34. The second-order valence-corrected chi connectivity index (χ2v) is 8.42. The van der Waals surface area contributed by atoms with Crippen LogP contribution in [-0.2, 0) is 9.47 Å². The molecule has 0 saturated carbocycles. The Labute approximate surface area is 163 Å². The summed E-state index contributed by atoms with van der Waals surface area (Å²) >= 11 is 3.45. The first-order valence-corrected chi connectivity index (χ1v) is 9.53. The van der Waals surface area contributed by atoms with Crippen molar-refractivity contribution in [2.75, 3.05) is 25.5 Å². The van der Waals surface area contributed by atoms with Gasteiger partial charge in [0.15, 0.2) is 0 Å². The van der Waals surface area contributed by atoms with Crippen molar-refractivity contribution in [1.82, 2.24) is 4.90 Å². The predicted molar refractivity (Wildman–Crippen MR) is 105 cm³/mol. The van der Waals surface area contributed by atoms with E-state index in [-0.39, 0.29) is 18.1 Å². The number of likely N-dealkylation sites (tertiary alicyclic amines) is 1. The molecule has 0 bridgehead atoms. The van der Waals surface area contributed by atoms with E-state index in [1.165, 1.54) is 7.11 Å². The number of nitrogens with one attached hydrogen (secondary N) is 1. The quantitative estimate of drug-likeness (QED) is 0.727. The summed E-state index contributed by atoms with van der Waals surface area (Å²) in [6, 6.07) is 3.95. The van der Waals surface area contributed by atoms with Crippen molar-refractivity contribution in [3.63, 3.8) is 0 Å². The lowest BCUT2D eigenvalue weighted by Crippen LogP contribution is -2.44. The molecule has 1 amide bonds. The highest BCUT2D eigenvalue weighted by atomic mass is 79.9. The van der Waals surface area contributed by atoms with E-state index < -0.39 is 5.60 Å². The van der Waals surface area contributed by atoms with E-state index in [2.05, 4.69) is 21.2 Å². The zero-order valence-corrected chi connectivity index (χ0v) is 17.6. The van der Waals surface area contributed by atoms with Gasteiger partial charge in [-0.2, -0.15) is 0 Å². The van der Waals surface area contributed by atoms with Gasteiger partial charge in [-0.15, -0.1) is 0 Å². The van der Waals surface area contributed by atoms with Crippen molar-refractivity contribution < 1.29 is 19.1 Å². The van der Waals surface area contributed by atoms with Gasteiger partial charge in [0, 0.05) is 29.3 Å². The van der Waals surface area contributed by atoms with Gasteiger partial charge >= 0.3 is 12.1 Å². The first kappa shape index (κ1) is 20.6. The number of esters is 1. The molecule has 0 aliphatic carbocycles. The smallest absolute Gasteiger partial charge is 0.410 e. The monoisotopic (exact) mass is 426 g/mol. The Kier molecular flexibility index (Phi) is 6.55. The topological polar surface area (TPSA) is 67.9 Å². The molecule has 1 aromatic rings. The lowest BCUT2D eigenvalue weighted by atomic mass is 10.0. The summed E-state index contributed by atoms with van der Waals surface area (Å²) in [7, 11) is 1.38. The molecule has 1 fully saturated rings. The van der Waals surface area contributed by atoms with E-state index in [1.807, 2.05) is 33.8 Å². The van der Waals surface area contributed by atoms with E-state index in [4.69, 9.17) is 9.47 Å². The van der Waals surface area contributed by atoms with Crippen LogP contribution in [0.15, 0.2) is 16.6 Å². The van der Waals surface area contributed by atoms with Crippen LogP contribution in [0.2, 0.25) is 0 Å². The number of anilines is 1. The molecule has 144 valence electrons. The molecule has 1 aromatic carbocycles. The van der Waals surface area contributed by atoms with Gasteiger partial charge in [0.2, 0.25) is 0 Å². The van der Waals surface area contributed by atoms with E-state index in [1.54, 1.807) is 11.0 Å². The minimum Gasteiger partial charge on any atom is -0.465 e. The fourth-order valence-corrected chi connectivity index (χ4v) is 3.36. The fourth-order valence-electron chi connectivity index (χ4n) is 2.90. The van der Waals surface area contributed by atoms with Crippen molar-refractivity contribution in [2.24, 2.45) is 0 Å². The third kappa shape index (κ3) is 5.37. The molecule has 0 aromatic heterocycles. The minimum absolute atomic E-state index is 0.229. The highest BCUT2D eigenvalue weighted by Crippen LogP contribution is 2.28. The second kappa shape index (κ2) is 8.29. The van der Waals surface area contributed by atoms with E-state index >= 15 is 0 Å². The number of hydrogen-bond donors (Lipinski definition) is 1. The van der Waals surface area contributed by atoms with Crippen LogP contribution in [-0.4, -0.2) is 48.8 Å².